The van der Waals surface area contributed by atoms with Crippen LogP contribution < -0.4 is 21.9 Å². The van der Waals surface area contributed by atoms with E-state index in [9.17, 15) is 14.4 Å². The number of hydrogen-bond acceptors (Lipinski definition) is 5. The smallest absolute Gasteiger partial charge is 0.332 e. The number of aryl methyl sites for hydroxylation is 2. The molecule has 0 bridgehead atoms. The van der Waals surface area contributed by atoms with Crippen LogP contribution in [0.2, 0.25) is 0 Å². The van der Waals surface area contributed by atoms with Crippen molar-refractivity contribution in [2.45, 2.75) is 32.7 Å². The SMILES string of the molecule is CCCn1c(N2CCC(C(N)=O)CC2)nc2c1c(=O)n(C)c(=O)n2C. The Morgan fingerprint density at radius 2 is 1.84 bits per heavy atom. The number of nitrogens with two attached hydrogens (primary N) is 1. The van der Waals surface area contributed by atoms with Crippen molar-refractivity contribution in [1.29, 1.82) is 0 Å². The van der Waals surface area contributed by atoms with Crippen LogP contribution in [0.4, 0.5) is 5.95 Å². The van der Waals surface area contributed by atoms with Gasteiger partial charge in [-0.2, -0.15) is 4.98 Å². The summed E-state index contributed by atoms with van der Waals surface area (Å²) in [6.45, 7) is 3.96. The second-order valence-corrected chi connectivity index (χ2v) is 6.61. The second-order valence-electron chi connectivity index (χ2n) is 6.61. The predicted molar refractivity (Wildman–Crippen MR) is 94.6 cm³/mol. The summed E-state index contributed by atoms with van der Waals surface area (Å²) in [5, 5.41) is 0. The van der Waals surface area contributed by atoms with Crippen molar-refractivity contribution in [3.05, 3.63) is 20.8 Å². The van der Waals surface area contributed by atoms with Gasteiger partial charge in [0.1, 0.15) is 0 Å². The summed E-state index contributed by atoms with van der Waals surface area (Å²) in [7, 11) is 3.10. The lowest BCUT2D eigenvalue weighted by Crippen LogP contribution is -2.40. The third kappa shape index (κ3) is 2.73. The molecule has 3 heterocycles. The summed E-state index contributed by atoms with van der Waals surface area (Å²) in [5.74, 6) is 0.300. The number of primary amides is 1. The average molecular weight is 348 g/mol. The van der Waals surface area contributed by atoms with Crippen molar-refractivity contribution < 1.29 is 4.79 Å². The first-order chi connectivity index (χ1) is 11.9. The molecule has 1 amide bonds. The Bertz CT molecular complexity index is 930. The van der Waals surface area contributed by atoms with Gasteiger partial charge in [0.15, 0.2) is 11.2 Å². The molecule has 9 heteroatoms. The molecule has 2 aromatic heterocycles. The molecule has 0 unspecified atom stereocenters. The number of amides is 1. The minimum Gasteiger partial charge on any atom is -0.369 e. The van der Waals surface area contributed by atoms with Crippen LogP contribution in [0, 0.1) is 5.92 Å². The van der Waals surface area contributed by atoms with Crippen molar-refractivity contribution >= 4 is 23.0 Å². The highest BCUT2D eigenvalue weighted by Crippen LogP contribution is 2.25. The molecule has 2 N–H and O–H groups in total. The molecular formula is C16H24N6O3. The second kappa shape index (κ2) is 6.38. The number of piperidine rings is 1. The van der Waals surface area contributed by atoms with E-state index in [1.54, 1.807) is 7.05 Å². The third-order valence-electron chi connectivity index (χ3n) is 4.96. The van der Waals surface area contributed by atoms with Gasteiger partial charge < -0.3 is 15.2 Å². The maximum atomic E-state index is 12.6. The van der Waals surface area contributed by atoms with Crippen LogP contribution in [0.1, 0.15) is 26.2 Å². The van der Waals surface area contributed by atoms with Gasteiger partial charge in [-0.05, 0) is 19.3 Å². The van der Waals surface area contributed by atoms with E-state index in [0.29, 0.717) is 49.6 Å². The molecular weight excluding hydrogens is 324 g/mol. The van der Waals surface area contributed by atoms with E-state index in [2.05, 4.69) is 9.88 Å². The zero-order valence-electron chi connectivity index (χ0n) is 14.9. The van der Waals surface area contributed by atoms with Gasteiger partial charge in [0, 0.05) is 39.6 Å². The molecule has 0 radical (unpaired) electrons. The first kappa shape index (κ1) is 17.2. The van der Waals surface area contributed by atoms with Crippen molar-refractivity contribution in [1.82, 2.24) is 18.7 Å². The fourth-order valence-corrected chi connectivity index (χ4v) is 3.48. The van der Waals surface area contributed by atoms with Crippen LogP contribution in [0.5, 0.6) is 0 Å². The Balaban J connectivity index is 2.13. The lowest BCUT2D eigenvalue weighted by atomic mass is 9.96. The Morgan fingerprint density at radius 1 is 1.20 bits per heavy atom. The van der Waals surface area contributed by atoms with Crippen LogP contribution in [-0.4, -0.2) is 37.7 Å². The quantitative estimate of drug-likeness (QED) is 0.805. The number of anilines is 1. The summed E-state index contributed by atoms with van der Waals surface area (Å²) in [6, 6.07) is 0. The van der Waals surface area contributed by atoms with Crippen LogP contribution in [-0.2, 0) is 25.4 Å². The van der Waals surface area contributed by atoms with Gasteiger partial charge in [0.05, 0.1) is 0 Å². The molecule has 0 atom stereocenters. The van der Waals surface area contributed by atoms with E-state index in [0.717, 1.165) is 11.0 Å². The van der Waals surface area contributed by atoms with Gasteiger partial charge >= 0.3 is 5.69 Å². The number of nitrogens with zero attached hydrogens (tertiary/aromatic N) is 5. The summed E-state index contributed by atoms with van der Waals surface area (Å²) >= 11 is 0. The number of carbonyl (C=O) groups is 1. The molecule has 1 fully saturated rings. The Kier molecular flexibility index (Phi) is 4.40. The molecule has 0 spiro atoms. The van der Waals surface area contributed by atoms with Gasteiger partial charge in [-0.25, -0.2) is 4.79 Å². The van der Waals surface area contributed by atoms with E-state index in [1.165, 1.54) is 11.6 Å². The normalized spacial score (nSPS) is 15.9. The maximum Gasteiger partial charge on any atom is 0.332 e. The molecule has 25 heavy (non-hydrogen) atoms. The van der Waals surface area contributed by atoms with Crippen molar-refractivity contribution in [2.24, 2.45) is 25.7 Å². The number of aromatic nitrogens is 4. The molecule has 9 nitrogen and oxygen atoms in total. The van der Waals surface area contributed by atoms with Gasteiger partial charge in [-0.15, -0.1) is 0 Å². The first-order valence-electron chi connectivity index (χ1n) is 8.57. The zero-order chi connectivity index (χ0) is 18.3. The van der Waals surface area contributed by atoms with Crippen molar-refractivity contribution in [3.8, 4) is 0 Å². The maximum absolute atomic E-state index is 12.6. The summed E-state index contributed by atoms with van der Waals surface area (Å²) in [6.07, 6.45) is 2.17. The first-order valence-corrected chi connectivity index (χ1v) is 8.57. The standard InChI is InChI=1S/C16H24N6O3/c1-4-7-22-11-13(19(2)16(25)20(3)14(11)24)18-15(22)21-8-5-10(6-9-21)12(17)23/h10H,4-9H2,1-3H3,(H2,17,23). The molecule has 3 rings (SSSR count). The third-order valence-corrected chi connectivity index (χ3v) is 4.96. The van der Waals surface area contributed by atoms with Crippen molar-refractivity contribution in [2.75, 3.05) is 18.0 Å². The number of fused-ring (bicyclic) bond motifs is 1. The Labute approximate surface area is 144 Å². The number of rotatable bonds is 4. The molecule has 136 valence electrons. The summed E-state index contributed by atoms with van der Waals surface area (Å²) < 4.78 is 4.41. The Hall–Kier alpha value is -2.58. The molecule has 1 aliphatic rings. The molecule has 2 aromatic rings. The van der Waals surface area contributed by atoms with Gasteiger partial charge in [0.25, 0.3) is 5.56 Å². The van der Waals surface area contributed by atoms with E-state index in [-0.39, 0.29) is 17.4 Å². The topological polar surface area (TPSA) is 108 Å². The van der Waals surface area contributed by atoms with Crippen LogP contribution in [0.3, 0.4) is 0 Å². The fraction of sp³-hybridized carbons (Fsp3) is 0.625. The minimum absolute atomic E-state index is 0.113. The molecule has 1 aliphatic heterocycles. The van der Waals surface area contributed by atoms with E-state index < -0.39 is 5.69 Å². The van der Waals surface area contributed by atoms with Crippen LogP contribution in [0.25, 0.3) is 11.2 Å². The number of hydrogen-bond donors (Lipinski definition) is 1. The lowest BCUT2D eigenvalue weighted by Gasteiger charge is -2.31. The molecule has 1 saturated heterocycles. The minimum atomic E-state index is -0.391. The summed E-state index contributed by atoms with van der Waals surface area (Å²) in [5.41, 5.74) is 5.52. The Morgan fingerprint density at radius 3 is 2.40 bits per heavy atom. The van der Waals surface area contributed by atoms with Crippen molar-refractivity contribution in [3.63, 3.8) is 0 Å². The van der Waals surface area contributed by atoms with Gasteiger partial charge in [-0.1, -0.05) is 6.92 Å². The van der Waals surface area contributed by atoms with Crippen LogP contribution in [0.15, 0.2) is 9.59 Å². The van der Waals surface area contributed by atoms with E-state index >= 15 is 0 Å². The number of imidazole rings is 1. The van der Waals surface area contributed by atoms with Gasteiger partial charge in [-0.3, -0.25) is 18.7 Å². The molecule has 0 aliphatic carbocycles. The predicted octanol–water partition coefficient (Wildman–Crippen LogP) is -0.455. The van der Waals surface area contributed by atoms with E-state index in [4.69, 9.17) is 5.73 Å². The lowest BCUT2D eigenvalue weighted by molar-refractivity contribution is -0.122. The average Bonchev–Trinajstić information content (AvgIpc) is 2.98. The molecule has 0 saturated carbocycles. The highest BCUT2D eigenvalue weighted by atomic mass is 16.2. The highest BCUT2D eigenvalue weighted by Gasteiger charge is 2.27. The molecule has 0 aromatic carbocycles. The monoisotopic (exact) mass is 348 g/mol. The summed E-state index contributed by atoms with van der Waals surface area (Å²) in [4.78, 5) is 42.9. The zero-order valence-corrected chi connectivity index (χ0v) is 14.9. The van der Waals surface area contributed by atoms with Crippen LogP contribution >= 0.6 is 0 Å². The highest BCUT2D eigenvalue weighted by molar-refractivity contribution is 5.77. The van der Waals surface area contributed by atoms with E-state index in [1.807, 2.05) is 11.5 Å². The fourth-order valence-electron chi connectivity index (χ4n) is 3.48. The van der Waals surface area contributed by atoms with Gasteiger partial charge in [0.2, 0.25) is 11.9 Å². The number of carbonyl (C=O) groups excluding carboxylic acids is 1. The largest absolute Gasteiger partial charge is 0.369 e.